The molecule has 2 atom stereocenters. The predicted molar refractivity (Wildman–Crippen MR) is 173 cm³/mol. The third-order valence-corrected chi connectivity index (χ3v) is 8.70. The molecular formula is C36H41N3O6. The third-order valence-electron chi connectivity index (χ3n) is 8.70. The molecule has 9 nitrogen and oxygen atoms in total. The van der Waals surface area contributed by atoms with Crippen molar-refractivity contribution in [2.24, 2.45) is 5.92 Å². The third kappa shape index (κ3) is 6.79. The van der Waals surface area contributed by atoms with E-state index in [4.69, 9.17) is 4.74 Å². The van der Waals surface area contributed by atoms with Gasteiger partial charge in [0, 0.05) is 49.6 Å². The highest BCUT2D eigenvalue weighted by molar-refractivity contribution is 6.07. The van der Waals surface area contributed by atoms with Crippen molar-refractivity contribution < 1.29 is 29.3 Å². The summed E-state index contributed by atoms with van der Waals surface area (Å²) in [6, 6.07) is 22.4. The lowest BCUT2D eigenvalue weighted by atomic mass is 9.83. The van der Waals surface area contributed by atoms with Gasteiger partial charge in [0.05, 0.1) is 25.9 Å². The molecule has 45 heavy (non-hydrogen) atoms. The molecule has 0 spiro atoms. The summed E-state index contributed by atoms with van der Waals surface area (Å²) < 4.78 is 5.43. The molecule has 2 heterocycles. The fraction of sp³-hybridized carbons (Fsp3) is 0.361. The number of rotatable bonds is 12. The molecule has 0 aromatic heterocycles. The number of benzene rings is 3. The Bertz CT molecular complexity index is 1540. The lowest BCUT2D eigenvalue weighted by Crippen LogP contribution is -2.44. The summed E-state index contributed by atoms with van der Waals surface area (Å²) in [7, 11) is 1.53. The van der Waals surface area contributed by atoms with E-state index in [0.29, 0.717) is 36.5 Å². The van der Waals surface area contributed by atoms with Gasteiger partial charge in [0.15, 0.2) is 5.60 Å². The zero-order valence-corrected chi connectivity index (χ0v) is 25.9. The predicted octanol–water partition coefficient (Wildman–Crippen LogP) is 4.55. The van der Waals surface area contributed by atoms with Gasteiger partial charge in [-0.2, -0.15) is 0 Å². The van der Waals surface area contributed by atoms with Gasteiger partial charge in [-0.05, 0) is 54.3 Å². The summed E-state index contributed by atoms with van der Waals surface area (Å²) in [5.74, 6) is -0.654. The van der Waals surface area contributed by atoms with Crippen molar-refractivity contribution in [2.45, 2.75) is 51.3 Å². The Balaban J connectivity index is 1.33. The summed E-state index contributed by atoms with van der Waals surface area (Å²) in [6.07, 6.45) is 5.88. The van der Waals surface area contributed by atoms with E-state index < -0.39 is 17.4 Å². The lowest BCUT2D eigenvalue weighted by molar-refractivity contribution is -0.139. The number of aliphatic hydroxyl groups is 2. The van der Waals surface area contributed by atoms with Crippen LogP contribution in [-0.4, -0.2) is 59.6 Å². The quantitative estimate of drug-likeness (QED) is 0.291. The van der Waals surface area contributed by atoms with Gasteiger partial charge >= 0.3 is 0 Å². The van der Waals surface area contributed by atoms with E-state index in [1.54, 1.807) is 52.0 Å². The van der Waals surface area contributed by atoms with Crippen LogP contribution in [0.3, 0.4) is 0 Å². The number of fused-ring (bicyclic) bond motifs is 1. The first-order valence-corrected chi connectivity index (χ1v) is 15.5. The summed E-state index contributed by atoms with van der Waals surface area (Å²) in [4.78, 5) is 44.4. The first-order valence-electron chi connectivity index (χ1n) is 15.5. The van der Waals surface area contributed by atoms with Gasteiger partial charge in [0.1, 0.15) is 5.75 Å². The van der Waals surface area contributed by atoms with Crippen molar-refractivity contribution >= 4 is 29.1 Å². The number of aliphatic hydroxyl groups excluding tert-OH is 1. The van der Waals surface area contributed by atoms with Crippen molar-refractivity contribution in [2.75, 3.05) is 36.6 Å². The zero-order valence-electron chi connectivity index (χ0n) is 25.9. The number of carbonyl (C=O) groups is 3. The largest absolute Gasteiger partial charge is 0.497 e. The van der Waals surface area contributed by atoms with Crippen LogP contribution in [0.15, 0.2) is 84.9 Å². The lowest BCUT2D eigenvalue weighted by Gasteiger charge is -2.28. The van der Waals surface area contributed by atoms with Crippen LogP contribution in [0, 0.1) is 5.92 Å². The molecule has 3 aromatic rings. The van der Waals surface area contributed by atoms with Gasteiger partial charge in [-0.3, -0.25) is 14.4 Å². The van der Waals surface area contributed by atoms with Gasteiger partial charge in [-0.25, -0.2) is 0 Å². The molecule has 3 aromatic carbocycles. The highest BCUT2D eigenvalue weighted by Gasteiger charge is 2.52. The van der Waals surface area contributed by atoms with E-state index in [1.165, 1.54) is 7.11 Å². The number of methoxy groups -OCH3 is 1. The summed E-state index contributed by atoms with van der Waals surface area (Å²) in [6.45, 7) is 3.13. The number of anilines is 2. The molecule has 2 aliphatic heterocycles. The first kappa shape index (κ1) is 31.9. The van der Waals surface area contributed by atoms with Crippen LogP contribution in [0.1, 0.15) is 49.3 Å². The van der Waals surface area contributed by atoms with Crippen molar-refractivity contribution in [3.63, 3.8) is 0 Å². The van der Waals surface area contributed by atoms with E-state index >= 15 is 0 Å². The normalized spacial score (nSPS) is 18.8. The first-order chi connectivity index (χ1) is 21.8. The molecule has 3 amide bonds. The summed E-state index contributed by atoms with van der Waals surface area (Å²) in [5.41, 5.74) is 1.82. The van der Waals surface area contributed by atoms with Crippen LogP contribution >= 0.6 is 0 Å². The number of piperidine rings is 1. The topological polar surface area (TPSA) is 111 Å². The van der Waals surface area contributed by atoms with Crippen molar-refractivity contribution in [3.8, 4) is 5.75 Å². The Hall–Kier alpha value is -4.47. The Morgan fingerprint density at radius 3 is 2.49 bits per heavy atom. The number of amides is 3. The number of hydrogen-bond donors (Lipinski definition) is 2. The maximum Gasteiger partial charge on any atom is 0.264 e. The molecule has 0 radical (unpaired) electrons. The number of carbonyl (C=O) groups excluding carboxylic acids is 3. The SMILES string of the molecule is COc1ccc2c(c1)[C@](O)([C@@H](C)/C=C/CC(=O)N(CCO)Cc1ccccc1)C(=O)N2Cc1ccc(N2CCCCC2=O)cc1. The van der Waals surface area contributed by atoms with Gasteiger partial charge in [-0.15, -0.1) is 0 Å². The van der Waals surface area contributed by atoms with Crippen LogP contribution in [0.25, 0.3) is 0 Å². The monoisotopic (exact) mass is 611 g/mol. The van der Waals surface area contributed by atoms with E-state index in [0.717, 1.165) is 29.7 Å². The molecule has 0 unspecified atom stereocenters. The minimum atomic E-state index is -1.88. The standard InChI is InChI=1S/C36H41N3O6/c1-26(9-8-13-33(41)37(21-22-40)24-27-10-4-3-5-11-27)36(44)31-23-30(45-2)18-19-32(31)39(35(36)43)25-28-14-16-29(17-15-28)38-20-7-6-12-34(38)42/h3-5,8-11,14-19,23,26,40,44H,6-7,12-13,20-22,24-25H2,1-2H3/b9-8+/t26-,36+/m0/s1. The second kappa shape index (κ2) is 14.1. The summed E-state index contributed by atoms with van der Waals surface area (Å²) >= 11 is 0. The van der Waals surface area contributed by atoms with E-state index in [2.05, 4.69) is 0 Å². The van der Waals surface area contributed by atoms with Crippen molar-refractivity contribution in [1.82, 2.24) is 4.90 Å². The Morgan fingerprint density at radius 1 is 1.04 bits per heavy atom. The maximum atomic E-state index is 14.0. The average molecular weight is 612 g/mol. The Labute approximate surface area is 264 Å². The molecule has 0 saturated carbocycles. The van der Waals surface area contributed by atoms with Crippen LogP contribution in [0.2, 0.25) is 0 Å². The Morgan fingerprint density at radius 2 is 1.80 bits per heavy atom. The van der Waals surface area contributed by atoms with Crippen LogP contribution in [0.5, 0.6) is 5.75 Å². The van der Waals surface area contributed by atoms with Crippen LogP contribution in [0.4, 0.5) is 11.4 Å². The van der Waals surface area contributed by atoms with Crippen LogP contribution in [-0.2, 0) is 33.1 Å². The number of nitrogens with zero attached hydrogens (tertiary/aromatic N) is 3. The molecule has 2 N–H and O–H groups in total. The highest BCUT2D eigenvalue weighted by atomic mass is 16.5. The van der Waals surface area contributed by atoms with Gasteiger partial charge < -0.3 is 29.6 Å². The fourth-order valence-electron chi connectivity index (χ4n) is 6.11. The van der Waals surface area contributed by atoms with Gasteiger partial charge in [0.25, 0.3) is 5.91 Å². The number of hydrogen-bond acceptors (Lipinski definition) is 6. The summed E-state index contributed by atoms with van der Waals surface area (Å²) in [5, 5.41) is 21.6. The molecule has 0 bridgehead atoms. The van der Waals surface area contributed by atoms with E-state index in [1.807, 2.05) is 54.6 Å². The molecule has 5 rings (SSSR count). The van der Waals surface area contributed by atoms with Crippen LogP contribution < -0.4 is 14.5 Å². The maximum absolute atomic E-state index is 14.0. The van der Waals surface area contributed by atoms with Gasteiger partial charge in [-0.1, -0.05) is 61.5 Å². The van der Waals surface area contributed by atoms with Crippen molar-refractivity contribution in [3.05, 3.63) is 102 Å². The minimum Gasteiger partial charge on any atom is -0.497 e. The zero-order chi connectivity index (χ0) is 32.0. The van der Waals surface area contributed by atoms with Gasteiger partial charge in [0.2, 0.25) is 11.8 Å². The molecular weight excluding hydrogens is 570 g/mol. The average Bonchev–Trinajstić information content (AvgIpc) is 3.27. The van der Waals surface area contributed by atoms with E-state index in [-0.39, 0.29) is 37.9 Å². The second-order valence-corrected chi connectivity index (χ2v) is 11.7. The van der Waals surface area contributed by atoms with Crippen molar-refractivity contribution in [1.29, 1.82) is 0 Å². The Kier molecular flexibility index (Phi) is 10.0. The molecule has 9 heteroatoms. The molecule has 0 aliphatic carbocycles. The second-order valence-electron chi connectivity index (χ2n) is 11.7. The molecule has 1 fully saturated rings. The minimum absolute atomic E-state index is 0.0575. The van der Waals surface area contributed by atoms with E-state index in [9.17, 15) is 24.6 Å². The molecule has 236 valence electrons. The highest BCUT2D eigenvalue weighted by Crippen LogP contribution is 2.47. The molecule has 2 aliphatic rings. The number of ether oxygens (including phenoxy) is 1. The molecule has 1 saturated heterocycles. The fourth-order valence-corrected chi connectivity index (χ4v) is 6.11. The smallest absolute Gasteiger partial charge is 0.264 e.